The van der Waals surface area contributed by atoms with Crippen LogP contribution in [0.5, 0.6) is 0 Å². The van der Waals surface area contributed by atoms with Crippen molar-refractivity contribution in [1.29, 1.82) is 0 Å². The van der Waals surface area contributed by atoms with Crippen molar-refractivity contribution >= 4 is 35.1 Å². The number of halogens is 1. The number of fused-ring (bicyclic) bond motifs is 1. The molecule has 1 aromatic rings. The molecule has 2 amide bonds. The van der Waals surface area contributed by atoms with Gasteiger partial charge < -0.3 is 24.7 Å². The van der Waals surface area contributed by atoms with Gasteiger partial charge in [0.2, 0.25) is 5.91 Å². The third-order valence-electron chi connectivity index (χ3n) is 6.60. The number of anilines is 1. The van der Waals surface area contributed by atoms with E-state index in [2.05, 4.69) is 6.58 Å². The molecule has 0 saturated carbocycles. The van der Waals surface area contributed by atoms with Crippen molar-refractivity contribution in [2.75, 3.05) is 24.6 Å². The zero-order chi connectivity index (χ0) is 22.3. The minimum atomic E-state index is -1.20. The average molecular weight is 449 g/mol. The smallest absolute Gasteiger partial charge is 0.310 e. The molecule has 3 saturated heterocycles. The van der Waals surface area contributed by atoms with E-state index in [1.165, 1.54) is 9.80 Å². The zero-order valence-corrected chi connectivity index (χ0v) is 17.7. The van der Waals surface area contributed by atoms with E-state index in [0.717, 1.165) is 0 Å². The lowest BCUT2D eigenvalue weighted by Crippen LogP contribution is -2.56. The van der Waals surface area contributed by atoms with Crippen molar-refractivity contribution in [3.63, 3.8) is 0 Å². The minimum absolute atomic E-state index is 0.134. The van der Waals surface area contributed by atoms with Gasteiger partial charge in [0.05, 0.1) is 28.6 Å². The van der Waals surface area contributed by atoms with E-state index >= 15 is 0 Å². The van der Waals surface area contributed by atoms with Gasteiger partial charge in [-0.15, -0.1) is 6.58 Å². The number of aliphatic hydroxyl groups excluding tert-OH is 1. The summed E-state index contributed by atoms with van der Waals surface area (Å²) in [6.07, 6.45) is 2.15. The number of carboxylic acids is 1. The number of hydrogen-bond acceptors (Lipinski definition) is 5. The van der Waals surface area contributed by atoms with Gasteiger partial charge in [0.1, 0.15) is 11.6 Å². The number of benzene rings is 1. The predicted molar refractivity (Wildman–Crippen MR) is 113 cm³/mol. The summed E-state index contributed by atoms with van der Waals surface area (Å²) in [5, 5.41) is 19.5. The third kappa shape index (κ3) is 3.24. The van der Waals surface area contributed by atoms with Gasteiger partial charge in [0.25, 0.3) is 5.91 Å². The summed E-state index contributed by atoms with van der Waals surface area (Å²) in [5.41, 5.74) is -0.719. The van der Waals surface area contributed by atoms with Gasteiger partial charge in [-0.1, -0.05) is 29.8 Å². The number of ether oxygens (including phenoxy) is 1. The average Bonchev–Trinajstić information content (AvgIpc) is 3.38. The van der Waals surface area contributed by atoms with Crippen LogP contribution in [-0.4, -0.2) is 70.3 Å². The summed E-state index contributed by atoms with van der Waals surface area (Å²) in [6, 6.07) is 5.89. The molecule has 3 fully saturated rings. The van der Waals surface area contributed by atoms with Crippen LogP contribution in [0.3, 0.4) is 0 Å². The second-order valence-electron chi connectivity index (χ2n) is 8.19. The van der Waals surface area contributed by atoms with E-state index < -0.39 is 47.4 Å². The quantitative estimate of drug-likeness (QED) is 0.586. The Balaban J connectivity index is 1.79. The number of aliphatic hydroxyl groups is 1. The van der Waals surface area contributed by atoms with Gasteiger partial charge in [0.15, 0.2) is 0 Å². The molecule has 2 N–H and O–H groups in total. The molecule has 0 unspecified atom stereocenters. The number of hydrogen-bond donors (Lipinski definition) is 2. The molecule has 1 aromatic carbocycles. The van der Waals surface area contributed by atoms with E-state index in [9.17, 15) is 24.6 Å². The standard InChI is InChI=1S/C22H25ClN2O6/c1-2-10-24(14-7-4-3-6-13(14)23)20(28)18-22-9-8-15(31-22)16(21(29)30)17(22)19(27)25(18)11-5-12-26/h2-4,6-7,15-18,26H,1,5,8-12H2,(H,29,30)/t15-,16+,17+,18-,22+/m1/s1. The van der Waals surface area contributed by atoms with Gasteiger partial charge in [-0.3, -0.25) is 14.4 Å². The van der Waals surface area contributed by atoms with Crippen molar-refractivity contribution in [2.24, 2.45) is 11.8 Å². The minimum Gasteiger partial charge on any atom is -0.481 e. The summed E-state index contributed by atoms with van der Waals surface area (Å²) in [7, 11) is 0. The van der Waals surface area contributed by atoms with Crippen LogP contribution in [-0.2, 0) is 19.1 Å². The third-order valence-corrected chi connectivity index (χ3v) is 6.92. The first-order chi connectivity index (χ1) is 14.9. The highest BCUT2D eigenvalue weighted by Crippen LogP contribution is 2.58. The number of para-hydroxylation sites is 1. The molecule has 3 aliphatic rings. The van der Waals surface area contributed by atoms with Crippen LogP contribution >= 0.6 is 11.6 Å². The predicted octanol–water partition coefficient (Wildman–Crippen LogP) is 1.70. The molecule has 8 nitrogen and oxygen atoms in total. The lowest BCUT2D eigenvalue weighted by Gasteiger charge is -2.37. The fourth-order valence-corrected chi connectivity index (χ4v) is 5.69. The lowest BCUT2D eigenvalue weighted by molar-refractivity contribution is -0.149. The molecule has 166 valence electrons. The Morgan fingerprint density at radius 1 is 1.39 bits per heavy atom. The van der Waals surface area contributed by atoms with Crippen LogP contribution in [0.2, 0.25) is 5.02 Å². The largest absolute Gasteiger partial charge is 0.481 e. The lowest BCUT2D eigenvalue weighted by atomic mass is 9.70. The first kappa shape index (κ1) is 21.8. The second kappa shape index (κ2) is 8.26. The number of carboxylic acid groups (broad SMARTS) is 1. The number of rotatable bonds is 8. The number of nitrogens with zero attached hydrogens (tertiary/aromatic N) is 2. The fourth-order valence-electron chi connectivity index (χ4n) is 5.45. The number of carbonyl (C=O) groups is 3. The second-order valence-corrected chi connectivity index (χ2v) is 8.60. The molecule has 1 spiro atoms. The molecule has 5 atom stereocenters. The number of carbonyl (C=O) groups excluding carboxylic acids is 2. The Labute approximate surface area is 185 Å². The molecule has 0 aliphatic carbocycles. The Bertz CT molecular complexity index is 923. The highest BCUT2D eigenvalue weighted by molar-refractivity contribution is 6.34. The highest BCUT2D eigenvalue weighted by atomic mass is 35.5. The number of aliphatic carboxylic acids is 1. The van der Waals surface area contributed by atoms with Crippen LogP contribution in [0.25, 0.3) is 0 Å². The monoisotopic (exact) mass is 448 g/mol. The summed E-state index contributed by atoms with van der Waals surface area (Å²) >= 11 is 6.36. The van der Waals surface area contributed by atoms with E-state index in [4.69, 9.17) is 16.3 Å². The molecule has 31 heavy (non-hydrogen) atoms. The zero-order valence-electron chi connectivity index (χ0n) is 16.9. The van der Waals surface area contributed by atoms with E-state index in [1.807, 2.05) is 0 Å². The molecule has 2 bridgehead atoms. The summed E-state index contributed by atoms with van der Waals surface area (Å²) in [6.45, 7) is 3.87. The van der Waals surface area contributed by atoms with E-state index in [1.54, 1.807) is 30.3 Å². The number of likely N-dealkylation sites (tertiary alicyclic amines) is 1. The van der Waals surface area contributed by atoms with E-state index in [0.29, 0.717) is 23.6 Å². The molecular weight excluding hydrogens is 424 g/mol. The number of amides is 2. The molecule has 3 heterocycles. The first-order valence-electron chi connectivity index (χ1n) is 10.4. The van der Waals surface area contributed by atoms with Crippen LogP contribution in [0.15, 0.2) is 36.9 Å². The summed E-state index contributed by atoms with van der Waals surface area (Å²) in [4.78, 5) is 42.1. The molecule has 3 aliphatic heterocycles. The normalized spacial score (nSPS) is 31.0. The van der Waals surface area contributed by atoms with Crippen LogP contribution in [0, 0.1) is 11.8 Å². The maximum atomic E-state index is 13.9. The van der Waals surface area contributed by atoms with Gasteiger partial charge in [-0.2, -0.15) is 0 Å². The van der Waals surface area contributed by atoms with Crippen molar-refractivity contribution in [2.45, 2.75) is 37.0 Å². The van der Waals surface area contributed by atoms with E-state index in [-0.39, 0.29) is 26.1 Å². The topological polar surface area (TPSA) is 107 Å². The molecule has 0 radical (unpaired) electrons. The van der Waals surface area contributed by atoms with Gasteiger partial charge in [-0.25, -0.2) is 0 Å². The molecular formula is C22H25ClN2O6. The van der Waals surface area contributed by atoms with Crippen molar-refractivity contribution < 1.29 is 29.3 Å². The van der Waals surface area contributed by atoms with Gasteiger partial charge in [0, 0.05) is 19.7 Å². The first-order valence-corrected chi connectivity index (χ1v) is 10.7. The summed E-state index contributed by atoms with van der Waals surface area (Å²) < 4.78 is 6.15. The van der Waals surface area contributed by atoms with Crippen molar-refractivity contribution in [3.05, 3.63) is 41.9 Å². The molecule has 0 aromatic heterocycles. The van der Waals surface area contributed by atoms with Crippen LogP contribution < -0.4 is 4.90 Å². The maximum Gasteiger partial charge on any atom is 0.310 e. The van der Waals surface area contributed by atoms with Gasteiger partial charge in [-0.05, 0) is 31.4 Å². The Morgan fingerprint density at radius 2 is 2.13 bits per heavy atom. The summed E-state index contributed by atoms with van der Waals surface area (Å²) in [5.74, 6) is -3.79. The Kier molecular flexibility index (Phi) is 5.81. The Morgan fingerprint density at radius 3 is 2.77 bits per heavy atom. The van der Waals surface area contributed by atoms with Gasteiger partial charge >= 0.3 is 5.97 Å². The van der Waals surface area contributed by atoms with Crippen LogP contribution in [0.1, 0.15) is 19.3 Å². The maximum absolute atomic E-state index is 13.9. The van der Waals surface area contributed by atoms with Crippen molar-refractivity contribution in [3.8, 4) is 0 Å². The highest BCUT2D eigenvalue weighted by Gasteiger charge is 2.74. The molecule has 4 rings (SSSR count). The molecule has 9 heteroatoms. The van der Waals surface area contributed by atoms with Crippen LogP contribution in [0.4, 0.5) is 5.69 Å². The SMILES string of the molecule is C=CCN(C(=O)[C@H]1N(CCCO)C(=O)[C@@H]2[C@@H](C(=O)O)[C@H]3CC[C@]21O3)c1ccccc1Cl. The van der Waals surface area contributed by atoms with Crippen molar-refractivity contribution in [1.82, 2.24) is 4.90 Å². The fraction of sp³-hybridized carbons (Fsp3) is 0.500. The Hall–Kier alpha value is -2.42.